The zero-order valence-electron chi connectivity index (χ0n) is 13.8. The lowest BCUT2D eigenvalue weighted by molar-refractivity contribution is -0.127. The Balaban J connectivity index is 1.46. The van der Waals surface area contributed by atoms with Gasteiger partial charge in [-0.05, 0) is 31.0 Å². The van der Waals surface area contributed by atoms with E-state index in [2.05, 4.69) is 5.32 Å². The molecule has 1 N–H and O–H groups in total. The van der Waals surface area contributed by atoms with E-state index >= 15 is 0 Å². The smallest absolute Gasteiger partial charge is 0.408 e. The first kappa shape index (κ1) is 17.5. The Morgan fingerprint density at radius 2 is 2.12 bits per heavy atom. The highest BCUT2D eigenvalue weighted by molar-refractivity contribution is 6.31. The summed E-state index contributed by atoms with van der Waals surface area (Å²) in [6.07, 6.45) is 2.44. The van der Waals surface area contributed by atoms with Gasteiger partial charge in [0.2, 0.25) is 11.8 Å². The first-order chi connectivity index (χ1) is 12.0. The molecule has 0 bridgehead atoms. The van der Waals surface area contributed by atoms with E-state index in [-0.39, 0.29) is 24.8 Å². The Bertz CT molecular complexity index is 842. The van der Waals surface area contributed by atoms with Gasteiger partial charge in [-0.1, -0.05) is 11.6 Å². The van der Waals surface area contributed by atoms with Gasteiger partial charge in [0, 0.05) is 44.0 Å². The van der Waals surface area contributed by atoms with Crippen LogP contribution in [0.1, 0.15) is 25.7 Å². The van der Waals surface area contributed by atoms with Gasteiger partial charge in [-0.2, -0.15) is 0 Å². The predicted molar refractivity (Wildman–Crippen MR) is 93.5 cm³/mol. The molecule has 0 spiro atoms. The number of fused-ring (bicyclic) bond motifs is 1. The number of rotatable bonds is 7. The molecule has 0 radical (unpaired) electrons. The van der Waals surface area contributed by atoms with Gasteiger partial charge < -0.3 is 14.6 Å². The fraction of sp³-hybridized carbons (Fsp3) is 0.471. The Morgan fingerprint density at radius 1 is 1.28 bits per heavy atom. The second kappa shape index (κ2) is 7.74. The summed E-state index contributed by atoms with van der Waals surface area (Å²) in [5, 5.41) is 3.32. The van der Waals surface area contributed by atoms with Crippen LogP contribution in [0, 0.1) is 0 Å². The van der Waals surface area contributed by atoms with Crippen LogP contribution in [0.5, 0.6) is 0 Å². The van der Waals surface area contributed by atoms with E-state index in [0.29, 0.717) is 35.6 Å². The summed E-state index contributed by atoms with van der Waals surface area (Å²) < 4.78 is 6.54. The van der Waals surface area contributed by atoms with Crippen molar-refractivity contribution in [2.45, 2.75) is 32.2 Å². The molecular weight excluding hydrogens is 346 g/mol. The van der Waals surface area contributed by atoms with E-state index in [4.69, 9.17) is 16.0 Å². The molecule has 7 nitrogen and oxygen atoms in total. The molecule has 2 aromatic rings. The number of hydrogen-bond donors (Lipinski definition) is 1. The van der Waals surface area contributed by atoms with Gasteiger partial charge >= 0.3 is 5.76 Å². The predicted octanol–water partition coefficient (Wildman–Crippen LogP) is 1.77. The lowest BCUT2D eigenvalue weighted by Gasteiger charge is -2.15. The largest absolute Gasteiger partial charge is 0.419 e. The molecule has 1 aliphatic heterocycles. The van der Waals surface area contributed by atoms with Crippen LogP contribution in [0.4, 0.5) is 0 Å². The zero-order valence-corrected chi connectivity index (χ0v) is 14.6. The van der Waals surface area contributed by atoms with E-state index in [1.807, 2.05) is 4.90 Å². The van der Waals surface area contributed by atoms with Gasteiger partial charge in [0.15, 0.2) is 5.58 Å². The number of nitrogens with one attached hydrogen (secondary N) is 1. The molecule has 1 saturated heterocycles. The number of carbonyl (C=O) groups excluding carboxylic acids is 2. The zero-order chi connectivity index (χ0) is 17.8. The molecule has 3 rings (SSSR count). The molecule has 1 aromatic heterocycles. The van der Waals surface area contributed by atoms with Crippen LogP contribution in [0.3, 0.4) is 0 Å². The van der Waals surface area contributed by atoms with Crippen LogP contribution in [0.25, 0.3) is 11.1 Å². The minimum absolute atomic E-state index is 0.143. The molecule has 1 aliphatic rings. The molecule has 2 heterocycles. The summed E-state index contributed by atoms with van der Waals surface area (Å²) in [7, 11) is 0. The van der Waals surface area contributed by atoms with Crippen molar-refractivity contribution in [2.24, 2.45) is 0 Å². The number of carbonyl (C=O) groups is 2. The van der Waals surface area contributed by atoms with Crippen molar-refractivity contribution >= 4 is 34.5 Å². The van der Waals surface area contributed by atoms with Crippen molar-refractivity contribution in [1.82, 2.24) is 14.8 Å². The quantitative estimate of drug-likeness (QED) is 0.758. The van der Waals surface area contributed by atoms with Gasteiger partial charge in [0.1, 0.15) is 0 Å². The topological polar surface area (TPSA) is 84.5 Å². The molecule has 1 fully saturated rings. The molecule has 8 heteroatoms. The summed E-state index contributed by atoms with van der Waals surface area (Å²) in [6, 6.07) is 4.93. The maximum atomic E-state index is 11.9. The number of amides is 2. The van der Waals surface area contributed by atoms with Gasteiger partial charge in [0.25, 0.3) is 0 Å². The van der Waals surface area contributed by atoms with Crippen molar-refractivity contribution in [3.8, 4) is 0 Å². The van der Waals surface area contributed by atoms with E-state index in [1.165, 1.54) is 4.57 Å². The average molecular weight is 366 g/mol. The normalized spacial score (nSPS) is 14.4. The Hall–Kier alpha value is -2.28. The monoisotopic (exact) mass is 365 g/mol. The van der Waals surface area contributed by atoms with Crippen molar-refractivity contribution < 1.29 is 14.0 Å². The third kappa shape index (κ3) is 4.22. The van der Waals surface area contributed by atoms with Crippen molar-refractivity contribution in [1.29, 1.82) is 0 Å². The minimum Gasteiger partial charge on any atom is -0.408 e. The second-order valence-corrected chi connectivity index (χ2v) is 6.51. The summed E-state index contributed by atoms with van der Waals surface area (Å²) >= 11 is 5.95. The summed E-state index contributed by atoms with van der Waals surface area (Å²) in [6.45, 7) is 2.22. The average Bonchev–Trinajstić information content (AvgIpc) is 3.12. The molecular formula is C17H20ClN3O4. The first-order valence-corrected chi connectivity index (χ1v) is 8.76. The number of oxazole rings is 1. The Morgan fingerprint density at radius 3 is 2.88 bits per heavy atom. The highest BCUT2D eigenvalue weighted by Crippen LogP contribution is 2.18. The van der Waals surface area contributed by atoms with Crippen LogP contribution >= 0.6 is 11.6 Å². The number of nitrogens with zero attached hydrogens (tertiary/aromatic N) is 2. The van der Waals surface area contributed by atoms with E-state index in [1.54, 1.807) is 18.2 Å². The Kier molecular flexibility index (Phi) is 5.43. The third-order valence-corrected chi connectivity index (χ3v) is 4.53. The van der Waals surface area contributed by atoms with E-state index in [9.17, 15) is 14.4 Å². The van der Waals surface area contributed by atoms with Crippen LogP contribution in [0.2, 0.25) is 5.02 Å². The fourth-order valence-electron chi connectivity index (χ4n) is 2.99. The van der Waals surface area contributed by atoms with Crippen molar-refractivity contribution in [3.63, 3.8) is 0 Å². The maximum absolute atomic E-state index is 11.9. The molecule has 0 atom stereocenters. The minimum atomic E-state index is -0.502. The molecule has 134 valence electrons. The molecule has 25 heavy (non-hydrogen) atoms. The van der Waals surface area contributed by atoms with Crippen LogP contribution in [-0.2, 0) is 16.1 Å². The lowest BCUT2D eigenvalue weighted by Crippen LogP contribution is -2.31. The van der Waals surface area contributed by atoms with E-state index < -0.39 is 5.76 Å². The molecule has 0 aliphatic carbocycles. The Labute approximate surface area is 149 Å². The van der Waals surface area contributed by atoms with E-state index in [0.717, 1.165) is 19.4 Å². The number of hydrogen-bond acceptors (Lipinski definition) is 4. The molecule has 0 unspecified atom stereocenters. The van der Waals surface area contributed by atoms with Gasteiger partial charge in [-0.25, -0.2) is 4.79 Å². The third-order valence-electron chi connectivity index (χ3n) is 4.29. The number of aryl methyl sites for hydroxylation is 1. The summed E-state index contributed by atoms with van der Waals surface area (Å²) in [4.78, 5) is 37.1. The molecule has 0 saturated carbocycles. The number of likely N-dealkylation sites (tertiary alicyclic amines) is 1. The fourth-order valence-corrected chi connectivity index (χ4v) is 3.15. The summed E-state index contributed by atoms with van der Waals surface area (Å²) in [5.74, 6) is -0.454. The summed E-state index contributed by atoms with van der Waals surface area (Å²) in [5.41, 5.74) is 1.03. The van der Waals surface area contributed by atoms with Crippen LogP contribution < -0.4 is 11.1 Å². The first-order valence-electron chi connectivity index (χ1n) is 8.38. The maximum Gasteiger partial charge on any atom is 0.419 e. The molecule has 1 aromatic carbocycles. The lowest BCUT2D eigenvalue weighted by atomic mass is 10.3. The number of aromatic nitrogens is 1. The van der Waals surface area contributed by atoms with Crippen LogP contribution in [0.15, 0.2) is 27.4 Å². The second-order valence-electron chi connectivity index (χ2n) is 6.07. The van der Waals surface area contributed by atoms with Gasteiger partial charge in [0.05, 0.1) is 5.52 Å². The standard InChI is InChI=1S/C17H20ClN3O4/c18-12-4-5-14-13(11-12)21(17(24)25-14)10-6-15(22)19-7-2-9-20-8-1-3-16(20)23/h4-5,11H,1-3,6-10H2,(H,19,22). The SMILES string of the molecule is O=C(CCn1c(=O)oc2ccc(Cl)cc21)NCCCN1CCCC1=O. The highest BCUT2D eigenvalue weighted by atomic mass is 35.5. The number of benzene rings is 1. The molecule has 2 amide bonds. The van der Waals surface area contributed by atoms with Crippen molar-refractivity contribution in [2.75, 3.05) is 19.6 Å². The van der Waals surface area contributed by atoms with Gasteiger partial charge in [-0.3, -0.25) is 14.2 Å². The van der Waals surface area contributed by atoms with Crippen LogP contribution in [-0.4, -0.2) is 40.9 Å². The van der Waals surface area contributed by atoms with Crippen molar-refractivity contribution in [3.05, 3.63) is 33.8 Å². The number of halogens is 1. The van der Waals surface area contributed by atoms with Gasteiger partial charge in [-0.15, -0.1) is 0 Å². The highest BCUT2D eigenvalue weighted by Gasteiger charge is 2.19.